The molecule has 0 amide bonds. The Bertz CT molecular complexity index is 750. The van der Waals surface area contributed by atoms with Gasteiger partial charge in [-0.2, -0.15) is 0 Å². The summed E-state index contributed by atoms with van der Waals surface area (Å²) in [6.07, 6.45) is -0.218. The van der Waals surface area contributed by atoms with Crippen molar-refractivity contribution in [3.63, 3.8) is 0 Å². The third kappa shape index (κ3) is 5.65. The van der Waals surface area contributed by atoms with Crippen LogP contribution in [0.25, 0.3) is 0 Å². The Hall–Kier alpha value is -2.76. The number of ether oxygens (including phenoxy) is 2. The van der Waals surface area contributed by atoms with Gasteiger partial charge >= 0.3 is 0 Å². The van der Waals surface area contributed by atoms with E-state index in [1.54, 1.807) is 32.4 Å². The predicted molar refractivity (Wildman–Crippen MR) is 102 cm³/mol. The van der Waals surface area contributed by atoms with Crippen LogP contribution in [0.1, 0.15) is 18.1 Å². The van der Waals surface area contributed by atoms with Crippen LogP contribution in [0.5, 0.6) is 11.5 Å². The van der Waals surface area contributed by atoms with Crippen molar-refractivity contribution in [3.8, 4) is 11.5 Å². The van der Waals surface area contributed by atoms with E-state index < -0.39 is 0 Å². The van der Waals surface area contributed by atoms with Gasteiger partial charge in [0.15, 0.2) is 17.5 Å². The van der Waals surface area contributed by atoms with Crippen molar-refractivity contribution >= 4 is 5.96 Å². The summed E-state index contributed by atoms with van der Waals surface area (Å²) in [5.74, 6) is 1.39. The molecule has 0 aromatic heterocycles. The maximum atomic E-state index is 13.6. The molecule has 0 saturated heterocycles. The van der Waals surface area contributed by atoms with Gasteiger partial charge in [-0.15, -0.1) is 0 Å². The van der Waals surface area contributed by atoms with Crippen molar-refractivity contribution in [1.82, 2.24) is 10.6 Å². The van der Waals surface area contributed by atoms with Gasteiger partial charge in [-0.3, -0.25) is 4.99 Å². The summed E-state index contributed by atoms with van der Waals surface area (Å²) in [5, 5.41) is 6.42. The highest BCUT2D eigenvalue weighted by Crippen LogP contribution is 2.19. The zero-order valence-corrected chi connectivity index (χ0v) is 15.7. The van der Waals surface area contributed by atoms with Gasteiger partial charge < -0.3 is 20.1 Å². The molecule has 26 heavy (non-hydrogen) atoms. The molecule has 140 valence electrons. The van der Waals surface area contributed by atoms with Gasteiger partial charge in [0.1, 0.15) is 11.9 Å². The minimum absolute atomic E-state index is 0.218. The molecule has 0 radical (unpaired) electrons. The molecule has 0 aliphatic carbocycles. The molecule has 0 aliphatic heterocycles. The summed E-state index contributed by atoms with van der Waals surface area (Å²) < 4.78 is 24.6. The predicted octanol–water partition coefficient (Wildman–Crippen LogP) is 3.28. The first kappa shape index (κ1) is 19.6. The third-order valence-electron chi connectivity index (χ3n) is 3.88. The van der Waals surface area contributed by atoms with Crippen molar-refractivity contribution in [2.24, 2.45) is 4.99 Å². The van der Waals surface area contributed by atoms with Crippen LogP contribution in [0.2, 0.25) is 0 Å². The van der Waals surface area contributed by atoms with Crippen LogP contribution in [0.4, 0.5) is 4.39 Å². The van der Waals surface area contributed by atoms with E-state index in [1.165, 1.54) is 6.07 Å². The number of aryl methyl sites for hydroxylation is 1. The molecule has 1 atom stereocenters. The Morgan fingerprint density at radius 1 is 1.15 bits per heavy atom. The van der Waals surface area contributed by atoms with Crippen LogP contribution in [0, 0.1) is 12.7 Å². The second-order valence-electron chi connectivity index (χ2n) is 5.97. The fourth-order valence-electron chi connectivity index (χ4n) is 2.42. The summed E-state index contributed by atoms with van der Waals surface area (Å²) in [6, 6.07) is 12.4. The van der Waals surface area contributed by atoms with Gasteiger partial charge in [0.05, 0.1) is 13.7 Å². The first-order valence-electron chi connectivity index (χ1n) is 8.52. The molecule has 2 N–H and O–H groups in total. The molecule has 0 spiro atoms. The average Bonchev–Trinajstić information content (AvgIpc) is 2.65. The van der Waals surface area contributed by atoms with Crippen LogP contribution in [0.3, 0.4) is 0 Å². The molecule has 2 rings (SSSR count). The van der Waals surface area contributed by atoms with E-state index in [0.29, 0.717) is 19.0 Å². The molecule has 2 aromatic rings. The first-order chi connectivity index (χ1) is 12.5. The molecule has 2 aromatic carbocycles. The fourth-order valence-corrected chi connectivity index (χ4v) is 2.42. The monoisotopic (exact) mass is 359 g/mol. The number of aliphatic imine (C=N–C) groups is 1. The minimum Gasteiger partial charge on any atom is -0.496 e. The van der Waals surface area contributed by atoms with Crippen molar-refractivity contribution in [1.29, 1.82) is 0 Å². The van der Waals surface area contributed by atoms with Crippen LogP contribution in [-0.2, 0) is 6.54 Å². The van der Waals surface area contributed by atoms with Crippen LogP contribution in [-0.4, -0.2) is 32.8 Å². The minimum atomic E-state index is -0.366. The third-order valence-corrected chi connectivity index (χ3v) is 3.88. The van der Waals surface area contributed by atoms with E-state index in [1.807, 2.05) is 32.0 Å². The number of halogens is 1. The zero-order chi connectivity index (χ0) is 18.9. The highest BCUT2D eigenvalue weighted by molar-refractivity contribution is 5.79. The molecule has 0 saturated carbocycles. The Morgan fingerprint density at radius 2 is 1.92 bits per heavy atom. The van der Waals surface area contributed by atoms with Crippen LogP contribution < -0.4 is 20.1 Å². The van der Waals surface area contributed by atoms with E-state index in [2.05, 4.69) is 15.6 Å². The summed E-state index contributed by atoms with van der Waals surface area (Å²) in [4.78, 5) is 4.19. The lowest BCUT2D eigenvalue weighted by molar-refractivity contribution is 0.214. The van der Waals surface area contributed by atoms with E-state index in [0.717, 1.165) is 16.9 Å². The summed E-state index contributed by atoms with van der Waals surface area (Å²) in [7, 11) is 3.37. The van der Waals surface area contributed by atoms with Gasteiger partial charge in [0.25, 0.3) is 0 Å². The van der Waals surface area contributed by atoms with Gasteiger partial charge in [0.2, 0.25) is 0 Å². The number of nitrogens with one attached hydrogen (secondary N) is 2. The molecular formula is C20H26FN3O2. The molecule has 0 bridgehead atoms. The van der Waals surface area contributed by atoms with Gasteiger partial charge in [-0.05, 0) is 43.2 Å². The summed E-state index contributed by atoms with van der Waals surface area (Å²) in [6.45, 7) is 4.98. The smallest absolute Gasteiger partial charge is 0.191 e. The number of guanidine groups is 1. The van der Waals surface area contributed by atoms with E-state index in [9.17, 15) is 4.39 Å². The lowest BCUT2D eigenvalue weighted by Gasteiger charge is -2.18. The number of nitrogens with zero attached hydrogens (tertiary/aromatic N) is 1. The Kier molecular flexibility index (Phi) is 7.26. The standard InChI is InChI=1S/C20H26FN3O2/c1-14-9-10-16(11-19(14)25-4)13-24-20(22-3)23-12-15(2)26-18-8-6-5-7-17(18)21/h5-11,15H,12-13H2,1-4H3,(H2,22,23,24). The Labute approximate surface area is 154 Å². The number of hydrogen-bond donors (Lipinski definition) is 2. The summed E-state index contributed by atoms with van der Waals surface area (Å²) in [5.41, 5.74) is 2.18. The zero-order valence-electron chi connectivity index (χ0n) is 15.7. The van der Waals surface area contributed by atoms with Gasteiger partial charge in [-0.25, -0.2) is 4.39 Å². The Morgan fingerprint density at radius 3 is 2.62 bits per heavy atom. The molecular weight excluding hydrogens is 333 g/mol. The maximum Gasteiger partial charge on any atom is 0.191 e. The molecule has 5 nitrogen and oxygen atoms in total. The number of para-hydroxylation sites is 1. The highest BCUT2D eigenvalue weighted by atomic mass is 19.1. The molecule has 0 heterocycles. The van der Waals surface area contributed by atoms with Crippen molar-refractivity contribution in [3.05, 3.63) is 59.4 Å². The molecule has 0 fully saturated rings. The largest absolute Gasteiger partial charge is 0.496 e. The quantitative estimate of drug-likeness (QED) is 0.588. The summed E-state index contributed by atoms with van der Waals surface area (Å²) >= 11 is 0. The molecule has 6 heteroatoms. The van der Waals surface area contributed by atoms with Crippen LogP contribution in [0.15, 0.2) is 47.5 Å². The number of hydrogen-bond acceptors (Lipinski definition) is 3. The van der Waals surface area contributed by atoms with Gasteiger partial charge in [-0.1, -0.05) is 24.3 Å². The lowest BCUT2D eigenvalue weighted by Crippen LogP contribution is -2.41. The average molecular weight is 359 g/mol. The second-order valence-corrected chi connectivity index (χ2v) is 5.97. The normalized spacial score (nSPS) is 12.4. The van der Waals surface area contributed by atoms with Gasteiger partial charge in [0, 0.05) is 13.6 Å². The first-order valence-corrected chi connectivity index (χ1v) is 8.52. The highest BCUT2D eigenvalue weighted by Gasteiger charge is 2.09. The Balaban J connectivity index is 1.83. The molecule has 1 unspecified atom stereocenters. The van der Waals surface area contributed by atoms with Crippen molar-refractivity contribution in [2.75, 3.05) is 20.7 Å². The lowest BCUT2D eigenvalue weighted by atomic mass is 10.1. The van der Waals surface area contributed by atoms with Crippen molar-refractivity contribution in [2.45, 2.75) is 26.5 Å². The fraction of sp³-hybridized carbons (Fsp3) is 0.350. The maximum absolute atomic E-state index is 13.6. The number of rotatable bonds is 7. The van der Waals surface area contributed by atoms with Crippen LogP contribution >= 0.6 is 0 Å². The van der Waals surface area contributed by atoms with Crippen molar-refractivity contribution < 1.29 is 13.9 Å². The SMILES string of the molecule is CN=C(NCc1ccc(C)c(OC)c1)NCC(C)Oc1ccccc1F. The molecule has 0 aliphatic rings. The second kappa shape index (κ2) is 9.65. The topological polar surface area (TPSA) is 54.9 Å². The van der Waals surface area contributed by atoms with E-state index in [-0.39, 0.29) is 17.7 Å². The number of methoxy groups -OCH3 is 1. The van der Waals surface area contributed by atoms with E-state index >= 15 is 0 Å². The van der Waals surface area contributed by atoms with E-state index in [4.69, 9.17) is 9.47 Å². The number of benzene rings is 2.